The zero-order chi connectivity index (χ0) is 34.7. The maximum absolute atomic E-state index is 17.0. The van der Waals surface area contributed by atoms with E-state index in [4.69, 9.17) is 16.1 Å². The topological polar surface area (TPSA) is 133 Å². The number of piperidine rings is 1. The summed E-state index contributed by atoms with van der Waals surface area (Å²) in [6.45, 7) is 5.26. The first-order valence-corrected chi connectivity index (χ1v) is 17.9. The van der Waals surface area contributed by atoms with Crippen LogP contribution in [0.1, 0.15) is 61.4 Å². The molecule has 1 spiro atoms. The van der Waals surface area contributed by atoms with Crippen LogP contribution in [0.5, 0.6) is 6.01 Å². The van der Waals surface area contributed by atoms with Gasteiger partial charge in [0, 0.05) is 49.9 Å². The normalized spacial score (nSPS) is 27.5. The summed E-state index contributed by atoms with van der Waals surface area (Å²) in [4.78, 5) is 17.7. The fourth-order valence-corrected chi connectivity index (χ4v) is 9.33. The number of pyridine rings is 1. The number of nitrogens with one attached hydrogen (secondary N) is 2. The summed E-state index contributed by atoms with van der Waals surface area (Å²) in [5.74, 6) is 1.10. The van der Waals surface area contributed by atoms with Crippen molar-refractivity contribution in [1.29, 1.82) is 0 Å². The van der Waals surface area contributed by atoms with E-state index in [2.05, 4.69) is 30.2 Å². The predicted molar refractivity (Wildman–Crippen MR) is 178 cm³/mol. The van der Waals surface area contributed by atoms with Crippen molar-refractivity contribution >= 4 is 32.5 Å². The monoisotopic (exact) mass is 697 g/mol. The molecule has 0 amide bonds. The van der Waals surface area contributed by atoms with Crippen molar-refractivity contribution in [2.75, 3.05) is 44.2 Å². The van der Waals surface area contributed by atoms with Crippen LogP contribution in [0.4, 0.5) is 19.0 Å². The van der Waals surface area contributed by atoms with Crippen molar-refractivity contribution in [3.63, 3.8) is 0 Å². The Morgan fingerprint density at radius 2 is 2.06 bits per heavy atom. The fourth-order valence-electron chi connectivity index (χ4n) is 7.98. The summed E-state index contributed by atoms with van der Waals surface area (Å²) in [6, 6.07) is 2.62. The number of benzene rings is 1. The van der Waals surface area contributed by atoms with Gasteiger partial charge in [0.1, 0.15) is 35.6 Å². The smallest absolute Gasteiger partial charge is 0.319 e. The van der Waals surface area contributed by atoms with Crippen LogP contribution < -0.4 is 19.1 Å². The number of terminal acetylenes is 1. The van der Waals surface area contributed by atoms with Gasteiger partial charge in [-0.3, -0.25) is 9.88 Å². The number of halogens is 3. The predicted octanol–water partition coefficient (Wildman–Crippen LogP) is 3.14. The van der Waals surface area contributed by atoms with E-state index in [-0.39, 0.29) is 59.0 Å². The number of aryl methyl sites for hydroxylation is 1. The molecule has 2 unspecified atom stereocenters. The number of aliphatic hydroxyl groups excluding tert-OH is 1. The van der Waals surface area contributed by atoms with Gasteiger partial charge in [0.15, 0.2) is 5.82 Å². The third-order valence-electron chi connectivity index (χ3n) is 10.1. The average molecular weight is 698 g/mol. The standard InChI is InChI=1S/C34H38F3N7O4S/c1-4-23-26(36)8-7-20(2)27(23)24(13-21(3)45)29-28(37)30-25(15-38-29)31(43-11-5-9-33(18-43)17-39-49(46,47)42-33)41-32(40-30)48-19-34-10-6-12-44(34)16-22(35)14-34/h1,7-8,13,15,21-22,39,42,45H,5-6,9-12,14,16-19H2,2-3H3/b24-13+/t21?,22-,33?,34+/m1/s1. The molecule has 4 fully saturated rings. The lowest BCUT2D eigenvalue weighted by Crippen LogP contribution is -2.56. The number of fused-ring (bicyclic) bond motifs is 2. The van der Waals surface area contributed by atoms with E-state index in [1.165, 1.54) is 31.3 Å². The lowest BCUT2D eigenvalue weighted by atomic mass is 9.90. The number of hydrogen-bond acceptors (Lipinski definition) is 9. The van der Waals surface area contributed by atoms with E-state index >= 15 is 4.39 Å². The van der Waals surface area contributed by atoms with E-state index in [9.17, 15) is 22.3 Å². The molecule has 4 saturated heterocycles. The zero-order valence-corrected chi connectivity index (χ0v) is 28.1. The minimum absolute atomic E-state index is 0.0887. The molecule has 0 saturated carbocycles. The Kier molecular flexibility index (Phi) is 8.59. The Bertz CT molecular complexity index is 2010. The number of nitrogens with zero attached hydrogens (tertiary/aromatic N) is 5. The molecular formula is C34H38F3N7O4S. The molecule has 15 heteroatoms. The molecule has 7 rings (SSSR count). The molecule has 0 aliphatic carbocycles. The molecular weight excluding hydrogens is 659 g/mol. The number of ether oxygens (including phenoxy) is 1. The van der Waals surface area contributed by atoms with Crippen LogP contribution in [0.15, 0.2) is 24.4 Å². The molecule has 1 aromatic carbocycles. The van der Waals surface area contributed by atoms with E-state index in [0.29, 0.717) is 43.7 Å². The SMILES string of the molecule is C#Cc1c(F)ccc(C)c1/C(=C\C(C)O)c1ncc2c(N3CCCC4(CNS(=O)(=O)N4)C3)nc(OC[C@@]34CCCN3C[C@H](F)C4)nc2c1F. The summed E-state index contributed by atoms with van der Waals surface area (Å²) in [6.07, 6.45) is 9.58. The van der Waals surface area contributed by atoms with E-state index in [1.807, 2.05) is 4.90 Å². The quantitative estimate of drug-likeness (QED) is 0.319. The van der Waals surface area contributed by atoms with Gasteiger partial charge in [-0.1, -0.05) is 12.0 Å². The van der Waals surface area contributed by atoms with Crippen LogP contribution >= 0.6 is 0 Å². The maximum atomic E-state index is 17.0. The van der Waals surface area contributed by atoms with E-state index < -0.39 is 45.2 Å². The highest BCUT2D eigenvalue weighted by molar-refractivity contribution is 7.87. The molecule has 6 heterocycles. The summed E-state index contributed by atoms with van der Waals surface area (Å²) in [7, 11) is -3.67. The molecule has 49 heavy (non-hydrogen) atoms. The third kappa shape index (κ3) is 6.14. The first-order valence-electron chi connectivity index (χ1n) is 16.4. The van der Waals surface area contributed by atoms with Crippen LogP contribution in [0.2, 0.25) is 0 Å². The lowest BCUT2D eigenvalue weighted by Gasteiger charge is -2.40. The lowest BCUT2D eigenvalue weighted by molar-refractivity contribution is 0.107. The number of hydrogen-bond donors (Lipinski definition) is 3. The molecule has 3 N–H and O–H groups in total. The van der Waals surface area contributed by atoms with Gasteiger partial charge >= 0.3 is 6.01 Å². The largest absolute Gasteiger partial charge is 0.461 e. The van der Waals surface area contributed by atoms with Crippen LogP contribution in [-0.2, 0) is 10.2 Å². The van der Waals surface area contributed by atoms with E-state index in [1.54, 1.807) is 6.92 Å². The number of anilines is 1. The Hall–Kier alpha value is -3.81. The number of rotatable bonds is 7. The Morgan fingerprint density at radius 1 is 1.27 bits per heavy atom. The second kappa shape index (κ2) is 12.5. The van der Waals surface area contributed by atoms with Crippen LogP contribution in [0, 0.1) is 30.9 Å². The van der Waals surface area contributed by atoms with Crippen LogP contribution in [0.25, 0.3) is 16.5 Å². The third-order valence-corrected chi connectivity index (χ3v) is 11.4. The Labute approximate surface area is 283 Å². The van der Waals surface area contributed by atoms with Crippen LogP contribution in [-0.4, -0.2) is 96.1 Å². The van der Waals surface area contributed by atoms with Gasteiger partial charge in [-0.25, -0.2) is 17.9 Å². The second-order valence-electron chi connectivity index (χ2n) is 13.7. The van der Waals surface area contributed by atoms with E-state index in [0.717, 1.165) is 19.4 Å². The first-order chi connectivity index (χ1) is 23.3. The van der Waals surface area contributed by atoms with Gasteiger partial charge in [-0.2, -0.15) is 23.1 Å². The number of aromatic nitrogens is 3. The molecule has 4 aliphatic rings. The molecule has 0 bridgehead atoms. The molecule has 2 aromatic heterocycles. The molecule has 260 valence electrons. The van der Waals surface area contributed by atoms with Crippen LogP contribution in [0.3, 0.4) is 0 Å². The number of aliphatic hydroxyl groups is 1. The van der Waals surface area contributed by atoms with Gasteiger partial charge in [0.05, 0.1) is 28.1 Å². The highest BCUT2D eigenvalue weighted by Crippen LogP contribution is 2.41. The summed E-state index contributed by atoms with van der Waals surface area (Å²) in [5.41, 5.74) is -0.937. The van der Waals surface area contributed by atoms with Crippen molar-refractivity contribution < 1.29 is 31.4 Å². The van der Waals surface area contributed by atoms with Crippen molar-refractivity contribution in [3.05, 3.63) is 58.4 Å². The summed E-state index contributed by atoms with van der Waals surface area (Å²) < 4.78 is 82.6. The Morgan fingerprint density at radius 3 is 2.80 bits per heavy atom. The van der Waals surface area contributed by atoms with Crippen molar-refractivity contribution in [3.8, 4) is 18.4 Å². The van der Waals surface area contributed by atoms with Gasteiger partial charge in [-0.05, 0) is 63.8 Å². The average Bonchev–Trinajstić information content (AvgIpc) is 3.68. The first kappa shape index (κ1) is 33.7. The van der Waals surface area contributed by atoms with Gasteiger partial charge in [-0.15, -0.1) is 6.42 Å². The second-order valence-corrected chi connectivity index (χ2v) is 15.2. The Balaban J connectivity index is 1.36. The minimum Gasteiger partial charge on any atom is -0.461 e. The van der Waals surface area contributed by atoms with Gasteiger partial charge in [0.2, 0.25) is 0 Å². The fraction of sp³-hybridized carbons (Fsp3) is 0.500. The highest BCUT2D eigenvalue weighted by atomic mass is 32.2. The van der Waals surface area contributed by atoms with Crippen molar-refractivity contribution in [1.82, 2.24) is 29.3 Å². The van der Waals surface area contributed by atoms with Gasteiger partial charge < -0.3 is 14.7 Å². The molecule has 11 nitrogen and oxygen atoms in total. The summed E-state index contributed by atoms with van der Waals surface area (Å²) in [5, 5.41) is 10.7. The molecule has 0 radical (unpaired) electrons. The van der Waals surface area contributed by atoms with Crippen molar-refractivity contribution in [2.24, 2.45) is 0 Å². The summed E-state index contributed by atoms with van der Waals surface area (Å²) >= 11 is 0. The zero-order valence-electron chi connectivity index (χ0n) is 27.3. The molecule has 4 atom stereocenters. The molecule has 3 aromatic rings. The van der Waals surface area contributed by atoms with Gasteiger partial charge in [0.25, 0.3) is 10.2 Å². The maximum Gasteiger partial charge on any atom is 0.319 e. The van der Waals surface area contributed by atoms with Crippen molar-refractivity contribution in [2.45, 2.75) is 69.3 Å². The number of alkyl halides is 1. The minimum atomic E-state index is -3.67. The highest BCUT2D eigenvalue weighted by Gasteiger charge is 2.50. The molecule has 4 aliphatic heterocycles.